The second-order valence-electron chi connectivity index (χ2n) is 6.35. The highest BCUT2D eigenvalue weighted by Crippen LogP contribution is 2.36. The molecule has 1 aliphatic rings. The third-order valence-corrected chi connectivity index (χ3v) is 4.89. The maximum atomic E-state index is 2.49. The van der Waals surface area contributed by atoms with Gasteiger partial charge in [-0.2, -0.15) is 0 Å². The molecule has 22 heavy (non-hydrogen) atoms. The molecular weight excluding hydrogens is 268 g/mol. The third-order valence-electron chi connectivity index (χ3n) is 4.89. The van der Waals surface area contributed by atoms with Gasteiger partial charge in [-0.25, -0.2) is 0 Å². The fourth-order valence-electron chi connectivity index (χ4n) is 3.75. The Labute approximate surface area is 132 Å². The van der Waals surface area contributed by atoms with E-state index in [2.05, 4.69) is 77.3 Å². The Morgan fingerprint density at radius 1 is 1.00 bits per heavy atom. The van der Waals surface area contributed by atoms with Crippen molar-refractivity contribution in [1.29, 1.82) is 0 Å². The minimum absolute atomic E-state index is 0.571. The van der Waals surface area contributed by atoms with Crippen LogP contribution in [0.5, 0.6) is 0 Å². The molecule has 2 heterocycles. The Bertz CT molecular complexity index is 773. The second kappa shape index (κ2) is 5.62. The van der Waals surface area contributed by atoms with Gasteiger partial charge >= 0.3 is 0 Å². The van der Waals surface area contributed by atoms with Crippen LogP contribution in [0, 0.1) is 0 Å². The van der Waals surface area contributed by atoms with Crippen molar-refractivity contribution < 1.29 is 0 Å². The van der Waals surface area contributed by atoms with E-state index in [4.69, 9.17) is 0 Å². The van der Waals surface area contributed by atoms with E-state index in [1.54, 1.807) is 0 Å². The fraction of sp³-hybridized carbons (Fsp3) is 0.300. The Balaban J connectivity index is 1.79. The Hall–Kier alpha value is -2.06. The Kier molecular flexibility index (Phi) is 3.47. The first-order chi connectivity index (χ1) is 10.8. The minimum atomic E-state index is 0.571. The molecule has 1 saturated heterocycles. The lowest BCUT2D eigenvalue weighted by Crippen LogP contribution is -2.17. The Morgan fingerprint density at radius 3 is 2.55 bits per heavy atom. The minimum Gasteiger partial charge on any atom is -0.343 e. The molecule has 0 saturated carbocycles. The molecule has 0 spiro atoms. The van der Waals surface area contributed by atoms with E-state index in [0.29, 0.717) is 6.04 Å². The summed E-state index contributed by atoms with van der Waals surface area (Å²) in [7, 11) is 2.25. The van der Waals surface area contributed by atoms with Crippen LogP contribution in [0.4, 0.5) is 0 Å². The van der Waals surface area contributed by atoms with Crippen LogP contribution in [0.15, 0.2) is 60.8 Å². The normalized spacial score (nSPS) is 19.0. The summed E-state index contributed by atoms with van der Waals surface area (Å²) in [5, 5.41) is 1.41. The number of likely N-dealkylation sites (tertiary alicyclic amines) is 1. The molecule has 1 aliphatic heterocycles. The zero-order chi connectivity index (χ0) is 14.9. The molecule has 0 N–H and O–H groups in total. The standard InChI is InChI=1S/C20H22N2/c1-21-13-7-12-19(21)18-15-22(14-16-8-3-2-4-9-16)20-11-6-5-10-17(18)20/h2-6,8-11,15,19H,7,12-14H2,1H3. The van der Waals surface area contributed by atoms with Gasteiger partial charge in [-0.1, -0.05) is 48.5 Å². The number of benzene rings is 2. The van der Waals surface area contributed by atoms with Crippen molar-refractivity contribution in [2.75, 3.05) is 13.6 Å². The average Bonchev–Trinajstić information content (AvgIpc) is 3.13. The van der Waals surface area contributed by atoms with Gasteiger partial charge in [0.25, 0.3) is 0 Å². The zero-order valence-electron chi connectivity index (χ0n) is 13.1. The molecule has 1 unspecified atom stereocenters. The lowest BCUT2D eigenvalue weighted by molar-refractivity contribution is 0.319. The molecule has 3 aromatic rings. The first-order valence-corrected chi connectivity index (χ1v) is 8.15. The van der Waals surface area contributed by atoms with Crippen molar-refractivity contribution in [3.63, 3.8) is 0 Å². The molecule has 0 radical (unpaired) electrons. The van der Waals surface area contributed by atoms with Crippen molar-refractivity contribution in [3.8, 4) is 0 Å². The summed E-state index contributed by atoms with van der Waals surface area (Å²) in [5.74, 6) is 0. The molecule has 0 amide bonds. The molecule has 2 nitrogen and oxygen atoms in total. The van der Waals surface area contributed by atoms with Crippen molar-refractivity contribution >= 4 is 10.9 Å². The van der Waals surface area contributed by atoms with Crippen LogP contribution in [-0.4, -0.2) is 23.1 Å². The van der Waals surface area contributed by atoms with Crippen LogP contribution in [0.25, 0.3) is 10.9 Å². The van der Waals surface area contributed by atoms with E-state index < -0.39 is 0 Å². The highest BCUT2D eigenvalue weighted by molar-refractivity contribution is 5.84. The SMILES string of the molecule is CN1CCCC1c1cn(Cc2ccccc2)c2ccccc12. The molecule has 112 valence electrons. The van der Waals surface area contributed by atoms with Gasteiger partial charge in [-0.05, 0) is 43.6 Å². The second-order valence-corrected chi connectivity index (χ2v) is 6.35. The van der Waals surface area contributed by atoms with Gasteiger partial charge in [0.1, 0.15) is 0 Å². The molecule has 2 heteroatoms. The third kappa shape index (κ3) is 2.34. The van der Waals surface area contributed by atoms with Crippen molar-refractivity contribution in [1.82, 2.24) is 9.47 Å². The van der Waals surface area contributed by atoms with Crippen LogP contribution in [0.2, 0.25) is 0 Å². The van der Waals surface area contributed by atoms with E-state index in [1.807, 2.05) is 0 Å². The highest BCUT2D eigenvalue weighted by atomic mass is 15.1. The molecular formula is C20H22N2. The first kappa shape index (κ1) is 13.6. The van der Waals surface area contributed by atoms with Crippen LogP contribution >= 0.6 is 0 Å². The number of hydrogen-bond acceptors (Lipinski definition) is 1. The monoisotopic (exact) mass is 290 g/mol. The summed E-state index contributed by atoms with van der Waals surface area (Å²) in [4.78, 5) is 2.49. The molecule has 0 aliphatic carbocycles. The summed E-state index contributed by atoms with van der Waals surface area (Å²) in [6, 6.07) is 20.1. The summed E-state index contributed by atoms with van der Waals surface area (Å²) in [6.07, 6.45) is 4.96. The predicted molar refractivity (Wildman–Crippen MR) is 92.1 cm³/mol. The Morgan fingerprint density at radius 2 is 1.77 bits per heavy atom. The van der Waals surface area contributed by atoms with Crippen molar-refractivity contribution in [2.45, 2.75) is 25.4 Å². The molecule has 1 aromatic heterocycles. The summed E-state index contributed by atoms with van der Waals surface area (Å²) >= 11 is 0. The molecule has 4 rings (SSSR count). The van der Waals surface area contributed by atoms with Crippen LogP contribution < -0.4 is 0 Å². The quantitative estimate of drug-likeness (QED) is 0.691. The molecule has 1 atom stereocenters. The summed E-state index contributed by atoms with van der Waals surface area (Å²) in [6.45, 7) is 2.15. The van der Waals surface area contributed by atoms with E-state index in [-0.39, 0.29) is 0 Å². The van der Waals surface area contributed by atoms with Gasteiger partial charge in [-0.15, -0.1) is 0 Å². The lowest BCUT2D eigenvalue weighted by Gasteiger charge is -2.18. The van der Waals surface area contributed by atoms with Crippen molar-refractivity contribution in [3.05, 3.63) is 71.9 Å². The molecule has 1 fully saturated rings. The van der Waals surface area contributed by atoms with E-state index in [0.717, 1.165) is 6.54 Å². The lowest BCUT2D eigenvalue weighted by atomic mass is 10.0. The maximum Gasteiger partial charge on any atom is 0.0486 e. The van der Waals surface area contributed by atoms with Crippen LogP contribution in [0.1, 0.15) is 30.0 Å². The largest absolute Gasteiger partial charge is 0.343 e. The van der Waals surface area contributed by atoms with Gasteiger partial charge in [-0.3, -0.25) is 4.90 Å². The molecule has 2 aromatic carbocycles. The topological polar surface area (TPSA) is 8.17 Å². The van der Waals surface area contributed by atoms with E-state index >= 15 is 0 Å². The number of hydrogen-bond donors (Lipinski definition) is 0. The van der Waals surface area contributed by atoms with Gasteiger partial charge in [0.05, 0.1) is 0 Å². The van der Waals surface area contributed by atoms with E-state index in [9.17, 15) is 0 Å². The fourth-order valence-corrected chi connectivity index (χ4v) is 3.75. The highest BCUT2D eigenvalue weighted by Gasteiger charge is 2.25. The zero-order valence-corrected chi connectivity index (χ0v) is 13.1. The first-order valence-electron chi connectivity index (χ1n) is 8.15. The van der Waals surface area contributed by atoms with Crippen LogP contribution in [-0.2, 0) is 6.54 Å². The summed E-state index contributed by atoms with van der Waals surface area (Å²) < 4.78 is 2.41. The van der Waals surface area contributed by atoms with E-state index in [1.165, 1.54) is 41.4 Å². The van der Waals surface area contributed by atoms with Crippen LogP contribution in [0.3, 0.4) is 0 Å². The van der Waals surface area contributed by atoms with Gasteiger partial charge in [0, 0.05) is 29.7 Å². The average molecular weight is 290 g/mol. The van der Waals surface area contributed by atoms with Crippen molar-refractivity contribution in [2.24, 2.45) is 0 Å². The smallest absolute Gasteiger partial charge is 0.0486 e. The number of nitrogens with zero attached hydrogens (tertiary/aromatic N) is 2. The van der Waals surface area contributed by atoms with Gasteiger partial charge in [0.15, 0.2) is 0 Å². The number of para-hydroxylation sites is 1. The van der Waals surface area contributed by atoms with Gasteiger partial charge < -0.3 is 4.57 Å². The number of fused-ring (bicyclic) bond motifs is 1. The molecule has 0 bridgehead atoms. The number of rotatable bonds is 3. The number of aromatic nitrogens is 1. The summed E-state index contributed by atoms with van der Waals surface area (Å²) in [5.41, 5.74) is 4.20. The maximum absolute atomic E-state index is 2.49. The van der Waals surface area contributed by atoms with Gasteiger partial charge in [0.2, 0.25) is 0 Å². The predicted octanol–water partition coefficient (Wildman–Crippen LogP) is 4.46.